The molecule has 0 aromatic carbocycles. The third kappa shape index (κ3) is 61.3. The number of ether oxygens (including phenoxy) is 1. The average Bonchev–Trinajstić information content (AvgIpc) is 3.42. The number of hydrogen-bond acceptors (Lipinski definition) is 5. The van der Waals surface area contributed by atoms with E-state index in [2.05, 4.69) is 55.6 Å². The van der Waals surface area contributed by atoms with E-state index in [0.29, 0.717) is 25.9 Å². The Labute approximate surface area is 474 Å². The molecular weight excluding hydrogens is 935 g/mol. The molecule has 0 spiro atoms. The van der Waals surface area contributed by atoms with Gasteiger partial charge in [0.1, 0.15) is 0 Å². The van der Waals surface area contributed by atoms with Gasteiger partial charge in [0.15, 0.2) is 0 Å². The molecule has 0 aliphatic rings. The van der Waals surface area contributed by atoms with Crippen LogP contribution in [0.15, 0.2) is 36.5 Å². The van der Waals surface area contributed by atoms with Crippen molar-refractivity contribution < 1.29 is 24.5 Å². The minimum absolute atomic E-state index is 0.00736. The fourth-order valence-corrected chi connectivity index (χ4v) is 10.7. The molecular formula is C70H133NO5. The highest BCUT2D eigenvalue weighted by molar-refractivity contribution is 5.76. The van der Waals surface area contributed by atoms with Crippen molar-refractivity contribution in [2.24, 2.45) is 0 Å². The largest absolute Gasteiger partial charge is 0.466 e. The van der Waals surface area contributed by atoms with Gasteiger partial charge >= 0.3 is 5.97 Å². The lowest BCUT2D eigenvalue weighted by Gasteiger charge is -2.22. The van der Waals surface area contributed by atoms with Gasteiger partial charge in [-0.05, 0) is 83.5 Å². The number of aliphatic hydroxyl groups is 2. The van der Waals surface area contributed by atoms with Crippen LogP contribution in [0.3, 0.4) is 0 Å². The molecule has 0 heterocycles. The lowest BCUT2D eigenvalue weighted by molar-refractivity contribution is -0.143. The van der Waals surface area contributed by atoms with Crippen molar-refractivity contribution in [1.29, 1.82) is 0 Å². The van der Waals surface area contributed by atoms with Crippen molar-refractivity contribution >= 4 is 11.9 Å². The van der Waals surface area contributed by atoms with Gasteiger partial charge in [0.05, 0.1) is 25.4 Å². The number of nitrogens with one attached hydrogen (secondary N) is 1. The summed E-state index contributed by atoms with van der Waals surface area (Å²) >= 11 is 0. The Kier molecular flexibility index (Phi) is 63.9. The quantitative estimate of drug-likeness (QED) is 0.0320. The maximum absolute atomic E-state index is 12.5. The van der Waals surface area contributed by atoms with E-state index in [-0.39, 0.29) is 18.5 Å². The summed E-state index contributed by atoms with van der Waals surface area (Å²) in [5.41, 5.74) is 0. The molecule has 6 nitrogen and oxygen atoms in total. The summed E-state index contributed by atoms with van der Waals surface area (Å²) in [6.45, 7) is 4.96. The van der Waals surface area contributed by atoms with Crippen molar-refractivity contribution in [1.82, 2.24) is 5.32 Å². The van der Waals surface area contributed by atoms with Crippen LogP contribution in [0.4, 0.5) is 0 Å². The zero-order chi connectivity index (χ0) is 55.0. The fraction of sp³-hybridized carbons (Fsp3) is 0.886. The summed E-state index contributed by atoms with van der Waals surface area (Å²) < 4.78 is 5.50. The molecule has 2 atom stereocenters. The lowest BCUT2D eigenvalue weighted by atomic mass is 10.0. The van der Waals surface area contributed by atoms with E-state index >= 15 is 0 Å². The number of unbranched alkanes of at least 4 members (excludes halogenated alkanes) is 47. The third-order valence-corrected chi connectivity index (χ3v) is 15.9. The van der Waals surface area contributed by atoms with E-state index in [0.717, 1.165) is 51.4 Å². The van der Waals surface area contributed by atoms with Gasteiger partial charge in [-0.15, -0.1) is 0 Å². The van der Waals surface area contributed by atoms with Crippen LogP contribution in [-0.4, -0.2) is 47.4 Å². The topological polar surface area (TPSA) is 95.9 Å². The fourth-order valence-electron chi connectivity index (χ4n) is 10.7. The first-order chi connectivity index (χ1) is 37.5. The molecule has 0 saturated heterocycles. The molecule has 76 heavy (non-hydrogen) atoms. The van der Waals surface area contributed by atoms with E-state index < -0.39 is 12.1 Å². The van der Waals surface area contributed by atoms with E-state index in [1.807, 2.05) is 0 Å². The van der Waals surface area contributed by atoms with Gasteiger partial charge in [-0.25, -0.2) is 0 Å². The Morgan fingerprint density at radius 3 is 1.03 bits per heavy atom. The van der Waals surface area contributed by atoms with Gasteiger partial charge in [-0.3, -0.25) is 9.59 Å². The van der Waals surface area contributed by atoms with Gasteiger partial charge in [0.25, 0.3) is 0 Å². The maximum Gasteiger partial charge on any atom is 0.305 e. The predicted octanol–water partition coefficient (Wildman–Crippen LogP) is 21.9. The highest BCUT2D eigenvalue weighted by Crippen LogP contribution is 2.18. The Hall–Kier alpha value is -1.92. The zero-order valence-electron chi connectivity index (χ0n) is 51.3. The molecule has 0 aliphatic carbocycles. The van der Waals surface area contributed by atoms with Crippen molar-refractivity contribution in [3.8, 4) is 0 Å². The normalized spacial score (nSPS) is 12.7. The number of carbonyl (C=O) groups is 2. The highest BCUT2D eigenvalue weighted by atomic mass is 16.5. The average molecular weight is 1070 g/mol. The number of carbonyl (C=O) groups excluding carboxylic acids is 2. The summed E-state index contributed by atoms with van der Waals surface area (Å²) in [7, 11) is 0. The summed E-state index contributed by atoms with van der Waals surface area (Å²) in [6, 6.07) is -0.543. The highest BCUT2D eigenvalue weighted by Gasteiger charge is 2.20. The van der Waals surface area contributed by atoms with Gasteiger partial charge in [0, 0.05) is 12.8 Å². The van der Waals surface area contributed by atoms with E-state index in [1.165, 1.54) is 289 Å². The van der Waals surface area contributed by atoms with E-state index in [1.54, 1.807) is 0 Å². The summed E-state index contributed by atoms with van der Waals surface area (Å²) in [5, 5.41) is 23.3. The molecule has 2 unspecified atom stereocenters. The van der Waals surface area contributed by atoms with Gasteiger partial charge < -0.3 is 20.3 Å². The first-order valence-corrected chi connectivity index (χ1v) is 34.2. The van der Waals surface area contributed by atoms with Gasteiger partial charge in [-0.2, -0.15) is 0 Å². The van der Waals surface area contributed by atoms with E-state index in [9.17, 15) is 19.8 Å². The summed E-state index contributed by atoms with van der Waals surface area (Å²) in [4.78, 5) is 24.6. The molecule has 448 valence electrons. The van der Waals surface area contributed by atoms with Crippen LogP contribution >= 0.6 is 0 Å². The second-order valence-corrected chi connectivity index (χ2v) is 23.5. The van der Waals surface area contributed by atoms with E-state index in [4.69, 9.17) is 4.74 Å². The lowest BCUT2D eigenvalue weighted by Crippen LogP contribution is -2.45. The first kappa shape index (κ1) is 74.1. The van der Waals surface area contributed by atoms with Crippen molar-refractivity contribution in [2.75, 3.05) is 13.2 Å². The smallest absolute Gasteiger partial charge is 0.305 e. The molecule has 0 aromatic heterocycles. The second-order valence-electron chi connectivity index (χ2n) is 23.5. The Bertz CT molecular complexity index is 1230. The third-order valence-electron chi connectivity index (χ3n) is 15.9. The maximum atomic E-state index is 12.5. The molecule has 0 bridgehead atoms. The molecule has 0 fully saturated rings. The molecule has 6 heteroatoms. The molecule has 0 aromatic rings. The number of amides is 1. The van der Waals surface area contributed by atoms with Crippen LogP contribution in [0.5, 0.6) is 0 Å². The predicted molar refractivity (Wildman–Crippen MR) is 333 cm³/mol. The molecule has 0 rings (SSSR count). The SMILES string of the molecule is CCCCCC/C=C\C/C=C\CCCCCCCCCC(=O)OCCCCCCCCCCCCCC/C=C\CCCCCCCCCCCCC(=O)NC(CO)C(O)CCCCCCCCCCCCCCCCC. The number of aliphatic hydroxyl groups excluding tert-OH is 2. The van der Waals surface area contributed by atoms with Gasteiger partial charge in [0.2, 0.25) is 5.91 Å². The summed E-state index contributed by atoms with van der Waals surface area (Å²) in [5.74, 6) is -0.0274. The zero-order valence-corrected chi connectivity index (χ0v) is 51.3. The minimum atomic E-state index is -0.666. The Morgan fingerprint density at radius 2 is 0.658 bits per heavy atom. The van der Waals surface area contributed by atoms with Gasteiger partial charge in [-0.1, -0.05) is 314 Å². The van der Waals surface area contributed by atoms with Crippen LogP contribution in [0.25, 0.3) is 0 Å². The number of hydrogen-bond donors (Lipinski definition) is 3. The molecule has 0 saturated carbocycles. The van der Waals surface area contributed by atoms with Crippen LogP contribution in [0, 0.1) is 0 Å². The number of allylic oxidation sites excluding steroid dienone is 6. The van der Waals surface area contributed by atoms with Crippen molar-refractivity contribution in [2.45, 2.75) is 386 Å². The molecule has 0 radical (unpaired) electrons. The monoisotopic (exact) mass is 1070 g/mol. The van der Waals surface area contributed by atoms with Crippen LogP contribution < -0.4 is 5.32 Å². The number of rotatable bonds is 64. The standard InChI is InChI=1S/C70H133NO5/c1-3-5-7-9-11-13-15-17-19-20-32-36-40-44-48-52-56-60-64-70(75)76-65-61-57-53-49-45-41-37-33-30-28-26-24-22-21-23-25-27-29-31-35-39-43-47-51-55-59-63-69(74)71-67(66-72)68(73)62-58-54-50-46-42-38-34-18-16-14-12-10-8-6-4-2/h13,15,19-21,23,67-68,72-73H,3-12,14,16-18,22,24-66H2,1-2H3,(H,71,74)/b15-13-,20-19-,23-21-. The van der Waals surface area contributed by atoms with Crippen LogP contribution in [-0.2, 0) is 14.3 Å². The minimum Gasteiger partial charge on any atom is -0.466 e. The van der Waals surface area contributed by atoms with Crippen LogP contribution in [0.2, 0.25) is 0 Å². The Balaban J connectivity index is 3.38. The molecule has 3 N–H and O–H groups in total. The first-order valence-electron chi connectivity index (χ1n) is 34.2. The molecule has 0 aliphatic heterocycles. The van der Waals surface area contributed by atoms with Crippen LogP contribution in [0.1, 0.15) is 373 Å². The second kappa shape index (κ2) is 65.6. The van der Waals surface area contributed by atoms with Crippen molar-refractivity contribution in [3.63, 3.8) is 0 Å². The molecule has 1 amide bonds. The summed E-state index contributed by atoms with van der Waals surface area (Å²) in [6.07, 6.45) is 83.2. The Morgan fingerprint density at radius 1 is 0.368 bits per heavy atom. The van der Waals surface area contributed by atoms with Crippen molar-refractivity contribution in [3.05, 3.63) is 36.5 Å². The number of esters is 1.